The molecule has 0 N–H and O–H groups in total. The molecule has 0 aliphatic carbocycles. The molecule has 1 aliphatic rings. The van der Waals surface area contributed by atoms with Crippen molar-refractivity contribution in [2.45, 2.75) is 13.6 Å². The van der Waals surface area contributed by atoms with Crippen LogP contribution >= 0.6 is 11.3 Å². The number of anilines is 1. The lowest BCUT2D eigenvalue weighted by molar-refractivity contribution is 0.340. The first-order valence-corrected chi connectivity index (χ1v) is 9.20. The molecule has 0 bridgehead atoms. The number of hydrogen-bond acceptors (Lipinski definition) is 6. The quantitative estimate of drug-likeness (QED) is 0.704. The topological polar surface area (TPSA) is 59.7 Å². The highest BCUT2D eigenvalue weighted by Crippen LogP contribution is 2.20. The van der Waals surface area contributed by atoms with Crippen molar-refractivity contribution < 1.29 is 4.74 Å². The van der Waals surface area contributed by atoms with Crippen molar-refractivity contribution in [3.05, 3.63) is 74.0 Å². The Balaban J connectivity index is 1.63. The fourth-order valence-corrected chi connectivity index (χ4v) is 3.77. The zero-order valence-electron chi connectivity index (χ0n) is 14.3. The third kappa shape index (κ3) is 3.25. The molecule has 1 aromatic carbocycles. The molecular formula is C19H18N4O2S. The number of hydrogen-bond donors (Lipinski definition) is 0. The van der Waals surface area contributed by atoms with Gasteiger partial charge in [0, 0.05) is 18.1 Å². The number of thiazole rings is 1. The molecule has 2 aromatic heterocycles. The number of benzene rings is 1. The van der Waals surface area contributed by atoms with E-state index in [4.69, 9.17) is 4.74 Å². The summed E-state index contributed by atoms with van der Waals surface area (Å²) in [5.41, 5.74) is 1.90. The second-order valence-electron chi connectivity index (χ2n) is 5.82. The Morgan fingerprint density at radius 1 is 1.27 bits per heavy atom. The van der Waals surface area contributed by atoms with Gasteiger partial charge in [-0.25, -0.2) is 4.99 Å². The third-order valence-electron chi connectivity index (χ3n) is 4.07. The van der Waals surface area contributed by atoms with Crippen LogP contribution in [-0.2, 0) is 6.67 Å². The highest BCUT2D eigenvalue weighted by molar-refractivity contribution is 7.07. The maximum atomic E-state index is 12.7. The lowest BCUT2D eigenvalue weighted by Gasteiger charge is -2.25. The maximum Gasteiger partial charge on any atom is 0.271 e. The Hall–Kier alpha value is -2.93. The van der Waals surface area contributed by atoms with E-state index in [-0.39, 0.29) is 5.56 Å². The molecule has 0 spiro atoms. The molecule has 0 atom stereocenters. The predicted molar refractivity (Wildman–Crippen MR) is 102 cm³/mol. The van der Waals surface area contributed by atoms with Gasteiger partial charge in [0.15, 0.2) is 4.80 Å². The summed E-state index contributed by atoms with van der Waals surface area (Å²) in [6.07, 6.45) is 5.32. The largest absolute Gasteiger partial charge is 0.494 e. The van der Waals surface area contributed by atoms with Gasteiger partial charge in [0.25, 0.3) is 5.56 Å². The van der Waals surface area contributed by atoms with Crippen molar-refractivity contribution in [3.63, 3.8) is 0 Å². The van der Waals surface area contributed by atoms with Crippen LogP contribution in [0.15, 0.2) is 58.6 Å². The molecule has 0 unspecified atom stereocenters. The molecule has 0 radical (unpaired) electrons. The van der Waals surface area contributed by atoms with Crippen LogP contribution in [0.25, 0.3) is 6.08 Å². The summed E-state index contributed by atoms with van der Waals surface area (Å²) in [4.78, 5) is 24.2. The maximum absolute atomic E-state index is 12.7. The Bertz CT molecular complexity index is 1070. The van der Waals surface area contributed by atoms with E-state index in [0.717, 1.165) is 21.8 Å². The van der Waals surface area contributed by atoms with Crippen LogP contribution in [0.4, 0.5) is 5.69 Å². The fraction of sp³-hybridized carbons (Fsp3) is 0.211. The number of rotatable bonds is 4. The minimum absolute atomic E-state index is 0.0201. The fourth-order valence-electron chi connectivity index (χ4n) is 2.81. The zero-order chi connectivity index (χ0) is 17.9. The van der Waals surface area contributed by atoms with Crippen LogP contribution in [0, 0.1) is 0 Å². The average molecular weight is 366 g/mol. The molecule has 3 heterocycles. The van der Waals surface area contributed by atoms with Gasteiger partial charge in [0.2, 0.25) is 0 Å². The van der Waals surface area contributed by atoms with E-state index in [1.165, 1.54) is 11.3 Å². The van der Waals surface area contributed by atoms with E-state index in [0.29, 0.717) is 24.5 Å². The Labute approximate surface area is 154 Å². The van der Waals surface area contributed by atoms with Gasteiger partial charge in [-0.2, -0.15) is 0 Å². The van der Waals surface area contributed by atoms with Crippen LogP contribution in [-0.4, -0.2) is 22.8 Å². The van der Waals surface area contributed by atoms with Crippen LogP contribution in [0.3, 0.4) is 0 Å². The van der Waals surface area contributed by atoms with Crippen LogP contribution in [0.2, 0.25) is 0 Å². The first-order valence-electron chi connectivity index (χ1n) is 8.38. The number of pyridine rings is 1. The van der Waals surface area contributed by atoms with Crippen molar-refractivity contribution >= 4 is 23.1 Å². The molecular weight excluding hydrogens is 348 g/mol. The molecule has 132 valence electrons. The Morgan fingerprint density at radius 3 is 2.85 bits per heavy atom. The Morgan fingerprint density at radius 2 is 2.12 bits per heavy atom. The lowest BCUT2D eigenvalue weighted by atomic mass is 10.3. The summed E-state index contributed by atoms with van der Waals surface area (Å²) in [6.45, 7) is 3.62. The van der Waals surface area contributed by atoms with E-state index < -0.39 is 0 Å². The van der Waals surface area contributed by atoms with Crippen LogP contribution in [0.5, 0.6) is 5.75 Å². The molecule has 0 saturated heterocycles. The number of fused-ring (bicyclic) bond motifs is 1. The normalized spacial score (nSPS) is 14.0. The second-order valence-corrected chi connectivity index (χ2v) is 6.83. The highest BCUT2D eigenvalue weighted by Gasteiger charge is 2.16. The third-order valence-corrected chi connectivity index (χ3v) is 5.12. The van der Waals surface area contributed by atoms with E-state index in [1.807, 2.05) is 49.4 Å². The zero-order valence-corrected chi connectivity index (χ0v) is 15.1. The van der Waals surface area contributed by atoms with Crippen molar-refractivity contribution in [1.29, 1.82) is 0 Å². The van der Waals surface area contributed by atoms with E-state index in [9.17, 15) is 4.79 Å². The second kappa shape index (κ2) is 7.13. The van der Waals surface area contributed by atoms with Gasteiger partial charge in [-0.05, 0) is 48.9 Å². The molecule has 26 heavy (non-hydrogen) atoms. The summed E-state index contributed by atoms with van der Waals surface area (Å²) < 4.78 is 7.87. The van der Waals surface area contributed by atoms with Crippen LogP contribution < -0.4 is 24.5 Å². The minimum Gasteiger partial charge on any atom is -0.494 e. The van der Waals surface area contributed by atoms with Crippen molar-refractivity contribution in [1.82, 2.24) is 9.55 Å². The van der Waals surface area contributed by atoms with Crippen molar-refractivity contribution in [3.8, 4) is 5.75 Å². The SMILES string of the molecule is CCOc1ccc(N2CN=c3s/c(=C/c4cccnc4)c(=O)n3C2)cc1. The monoisotopic (exact) mass is 366 g/mol. The van der Waals surface area contributed by atoms with E-state index in [1.54, 1.807) is 17.0 Å². The van der Waals surface area contributed by atoms with Crippen molar-refractivity contribution in [2.24, 2.45) is 4.99 Å². The average Bonchev–Trinajstić information content (AvgIpc) is 2.99. The molecule has 4 rings (SSSR count). The first kappa shape index (κ1) is 16.5. The standard InChI is InChI=1S/C19H18N4O2S/c1-2-25-16-7-5-15(6-8-16)22-12-21-19-23(13-22)18(24)17(26-19)10-14-4-3-9-20-11-14/h3-11H,2,12-13H2,1H3/b17-10+. The van der Waals surface area contributed by atoms with Gasteiger partial charge in [0.05, 0.1) is 11.1 Å². The highest BCUT2D eigenvalue weighted by atomic mass is 32.1. The molecule has 0 amide bonds. The lowest BCUT2D eigenvalue weighted by Crippen LogP contribution is -2.42. The molecule has 1 aliphatic heterocycles. The summed E-state index contributed by atoms with van der Waals surface area (Å²) in [6, 6.07) is 11.6. The molecule has 0 fully saturated rings. The number of ether oxygens (including phenoxy) is 1. The van der Waals surface area contributed by atoms with Crippen LogP contribution in [0.1, 0.15) is 12.5 Å². The summed E-state index contributed by atoms with van der Waals surface area (Å²) in [5.74, 6) is 0.840. The minimum atomic E-state index is -0.0201. The molecule has 0 saturated carbocycles. The Kier molecular flexibility index (Phi) is 4.53. The summed E-state index contributed by atoms with van der Waals surface area (Å²) >= 11 is 1.42. The van der Waals surface area contributed by atoms with Gasteiger partial charge >= 0.3 is 0 Å². The summed E-state index contributed by atoms with van der Waals surface area (Å²) in [5, 5.41) is 0. The van der Waals surface area contributed by atoms with Gasteiger partial charge < -0.3 is 9.64 Å². The van der Waals surface area contributed by atoms with E-state index in [2.05, 4.69) is 14.9 Å². The smallest absolute Gasteiger partial charge is 0.271 e. The molecule has 6 nitrogen and oxygen atoms in total. The van der Waals surface area contributed by atoms with Crippen molar-refractivity contribution in [2.75, 3.05) is 18.2 Å². The molecule has 7 heteroatoms. The predicted octanol–water partition coefficient (Wildman–Crippen LogP) is 1.59. The first-order chi connectivity index (χ1) is 12.7. The number of aromatic nitrogens is 2. The van der Waals surface area contributed by atoms with Gasteiger partial charge in [-0.3, -0.25) is 14.3 Å². The number of nitrogens with zero attached hydrogens (tertiary/aromatic N) is 4. The van der Waals surface area contributed by atoms with Gasteiger partial charge in [-0.1, -0.05) is 17.4 Å². The van der Waals surface area contributed by atoms with E-state index >= 15 is 0 Å². The van der Waals surface area contributed by atoms with Gasteiger partial charge in [-0.15, -0.1) is 0 Å². The molecule has 3 aromatic rings. The van der Waals surface area contributed by atoms with Gasteiger partial charge in [0.1, 0.15) is 19.1 Å². The summed E-state index contributed by atoms with van der Waals surface area (Å²) in [7, 11) is 0.